The highest BCUT2D eigenvalue weighted by Gasteiger charge is 2.15. The molecule has 24 heavy (non-hydrogen) atoms. The average molecular weight is 367 g/mol. The predicted octanol–water partition coefficient (Wildman–Crippen LogP) is 3.63. The van der Waals surface area contributed by atoms with Gasteiger partial charge in [-0.15, -0.1) is 0 Å². The Morgan fingerprint density at radius 1 is 1.29 bits per heavy atom. The largest absolute Gasteiger partial charge is 0.459 e. The van der Waals surface area contributed by atoms with Crippen LogP contribution in [-0.2, 0) is 4.74 Å². The molecule has 0 saturated heterocycles. The van der Waals surface area contributed by atoms with Crippen LogP contribution in [0.1, 0.15) is 34.8 Å². The van der Waals surface area contributed by atoms with Crippen molar-refractivity contribution in [3.05, 3.63) is 52.9 Å². The number of anilines is 1. The van der Waals surface area contributed by atoms with Crippen molar-refractivity contribution >= 4 is 46.5 Å². The van der Waals surface area contributed by atoms with Crippen LogP contribution in [0, 0.1) is 0 Å². The predicted molar refractivity (Wildman–Crippen MR) is 94.4 cm³/mol. The van der Waals surface area contributed by atoms with Crippen LogP contribution in [0.5, 0.6) is 0 Å². The number of hydrogen-bond donors (Lipinski definition) is 2. The summed E-state index contributed by atoms with van der Waals surface area (Å²) in [5, 5.41) is 5.58. The van der Waals surface area contributed by atoms with Gasteiger partial charge in [0.05, 0.1) is 23.0 Å². The van der Waals surface area contributed by atoms with E-state index in [9.17, 15) is 9.59 Å². The number of amides is 1. The molecule has 0 aliphatic heterocycles. The van der Waals surface area contributed by atoms with Crippen LogP contribution < -0.4 is 10.6 Å². The van der Waals surface area contributed by atoms with Gasteiger partial charge in [-0.25, -0.2) is 4.79 Å². The highest BCUT2D eigenvalue weighted by Crippen LogP contribution is 2.22. The Balaban J connectivity index is 2.05. The molecule has 1 aromatic heterocycles. The number of rotatable bonds is 4. The molecule has 1 aromatic carbocycles. The zero-order chi connectivity index (χ0) is 17.7. The van der Waals surface area contributed by atoms with Gasteiger partial charge in [0.15, 0.2) is 10.9 Å². The molecule has 2 rings (SSSR count). The number of halogens is 1. The summed E-state index contributed by atoms with van der Waals surface area (Å²) < 4.78 is 10.1. The third-order valence-electron chi connectivity index (χ3n) is 2.76. The van der Waals surface area contributed by atoms with Crippen molar-refractivity contribution in [2.45, 2.75) is 20.0 Å². The van der Waals surface area contributed by atoms with E-state index in [1.165, 1.54) is 24.5 Å². The zero-order valence-electron chi connectivity index (χ0n) is 13.0. The quantitative estimate of drug-likeness (QED) is 0.635. The molecule has 1 heterocycles. The third-order valence-corrected chi connectivity index (χ3v) is 3.29. The molecule has 2 N–H and O–H groups in total. The van der Waals surface area contributed by atoms with E-state index in [4.69, 9.17) is 33.0 Å². The molecule has 6 nitrogen and oxygen atoms in total. The van der Waals surface area contributed by atoms with E-state index in [2.05, 4.69) is 10.6 Å². The number of esters is 1. The first-order chi connectivity index (χ1) is 11.4. The summed E-state index contributed by atoms with van der Waals surface area (Å²) in [7, 11) is 0. The fourth-order valence-electron chi connectivity index (χ4n) is 1.77. The Morgan fingerprint density at radius 2 is 2.04 bits per heavy atom. The fraction of sp³-hybridized carbons (Fsp3) is 0.188. The molecule has 0 aliphatic carbocycles. The number of thiocarbonyl (C=S) groups is 1. The van der Waals surface area contributed by atoms with Crippen LogP contribution in [-0.4, -0.2) is 23.1 Å². The number of nitrogens with one attached hydrogen (secondary N) is 2. The van der Waals surface area contributed by atoms with Gasteiger partial charge in [0.1, 0.15) is 0 Å². The lowest BCUT2D eigenvalue weighted by Gasteiger charge is -2.12. The van der Waals surface area contributed by atoms with Gasteiger partial charge in [-0.3, -0.25) is 10.1 Å². The summed E-state index contributed by atoms with van der Waals surface area (Å²) in [4.78, 5) is 23.8. The molecular formula is C16H15ClN2O4S. The van der Waals surface area contributed by atoms with Crippen molar-refractivity contribution < 1.29 is 18.7 Å². The van der Waals surface area contributed by atoms with E-state index in [0.29, 0.717) is 5.69 Å². The third kappa shape index (κ3) is 4.81. The first kappa shape index (κ1) is 18.0. The van der Waals surface area contributed by atoms with E-state index in [1.807, 2.05) is 0 Å². The molecule has 2 aromatic rings. The van der Waals surface area contributed by atoms with E-state index < -0.39 is 11.9 Å². The zero-order valence-corrected chi connectivity index (χ0v) is 14.5. The van der Waals surface area contributed by atoms with E-state index in [-0.39, 0.29) is 27.6 Å². The van der Waals surface area contributed by atoms with Gasteiger partial charge in [-0.1, -0.05) is 11.6 Å². The number of benzene rings is 1. The standard InChI is InChI=1S/C16H15ClN2O4S/c1-9(2)23-15(21)11-8-10(5-6-12(11)17)18-16(24)19-14(20)13-4-3-7-22-13/h3-9H,1-2H3,(H2,18,19,20,24). The topological polar surface area (TPSA) is 80.6 Å². The Hall–Kier alpha value is -2.38. The lowest BCUT2D eigenvalue weighted by Crippen LogP contribution is -2.33. The molecule has 0 aliphatic rings. The second-order valence-corrected chi connectivity index (χ2v) is 5.85. The molecule has 0 bridgehead atoms. The Bertz CT molecular complexity index is 759. The number of furan rings is 1. The number of ether oxygens (including phenoxy) is 1. The highest BCUT2D eigenvalue weighted by atomic mass is 35.5. The molecule has 0 atom stereocenters. The van der Waals surface area contributed by atoms with Gasteiger partial charge >= 0.3 is 5.97 Å². The van der Waals surface area contributed by atoms with E-state index in [0.717, 1.165) is 0 Å². The molecule has 0 unspecified atom stereocenters. The monoisotopic (exact) mass is 366 g/mol. The Kier molecular flexibility index (Phi) is 5.94. The minimum Gasteiger partial charge on any atom is -0.459 e. The maximum atomic E-state index is 12.0. The maximum Gasteiger partial charge on any atom is 0.339 e. The normalized spacial score (nSPS) is 10.3. The second-order valence-electron chi connectivity index (χ2n) is 5.03. The van der Waals surface area contributed by atoms with Gasteiger partial charge in [0.25, 0.3) is 5.91 Å². The molecule has 0 fully saturated rings. The van der Waals surface area contributed by atoms with Gasteiger partial charge in [-0.05, 0) is 56.4 Å². The summed E-state index contributed by atoms with van der Waals surface area (Å²) in [6, 6.07) is 7.77. The molecule has 0 radical (unpaired) electrons. The van der Waals surface area contributed by atoms with Crippen LogP contribution in [0.15, 0.2) is 41.0 Å². The summed E-state index contributed by atoms with van der Waals surface area (Å²) in [6.07, 6.45) is 1.12. The van der Waals surface area contributed by atoms with Crippen LogP contribution in [0.3, 0.4) is 0 Å². The maximum absolute atomic E-state index is 12.0. The molecule has 0 spiro atoms. The average Bonchev–Trinajstić information content (AvgIpc) is 3.02. The van der Waals surface area contributed by atoms with Crippen molar-refractivity contribution in [2.75, 3.05) is 5.32 Å². The molecule has 1 amide bonds. The van der Waals surface area contributed by atoms with Crippen molar-refractivity contribution in [2.24, 2.45) is 0 Å². The number of hydrogen-bond acceptors (Lipinski definition) is 5. The van der Waals surface area contributed by atoms with Crippen LogP contribution in [0.4, 0.5) is 5.69 Å². The molecular weight excluding hydrogens is 352 g/mol. The minimum atomic E-state index is -0.538. The summed E-state index contributed by atoms with van der Waals surface area (Å²) in [5.74, 6) is -0.883. The van der Waals surface area contributed by atoms with Crippen molar-refractivity contribution in [3.8, 4) is 0 Å². The SMILES string of the molecule is CC(C)OC(=O)c1cc(NC(=S)NC(=O)c2ccco2)ccc1Cl. The van der Waals surface area contributed by atoms with Gasteiger partial charge in [0.2, 0.25) is 0 Å². The molecule has 0 saturated carbocycles. The summed E-state index contributed by atoms with van der Waals surface area (Å²) in [6.45, 7) is 3.49. The fourth-order valence-corrected chi connectivity index (χ4v) is 2.18. The summed E-state index contributed by atoms with van der Waals surface area (Å²) in [5.41, 5.74) is 0.690. The lowest BCUT2D eigenvalue weighted by molar-refractivity contribution is 0.0378. The highest BCUT2D eigenvalue weighted by molar-refractivity contribution is 7.80. The van der Waals surface area contributed by atoms with Gasteiger partial charge < -0.3 is 14.5 Å². The smallest absolute Gasteiger partial charge is 0.339 e. The van der Waals surface area contributed by atoms with Crippen LogP contribution in [0.25, 0.3) is 0 Å². The van der Waals surface area contributed by atoms with E-state index >= 15 is 0 Å². The van der Waals surface area contributed by atoms with Gasteiger partial charge in [-0.2, -0.15) is 0 Å². The Morgan fingerprint density at radius 3 is 2.67 bits per heavy atom. The second kappa shape index (κ2) is 7.94. The van der Waals surface area contributed by atoms with E-state index in [1.54, 1.807) is 26.0 Å². The van der Waals surface area contributed by atoms with Crippen molar-refractivity contribution in [1.82, 2.24) is 5.32 Å². The first-order valence-corrected chi connectivity index (χ1v) is 7.82. The molecule has 126 valence electrons. The lowest BCUT2D eigenvalue weighted by atomic mass is 10.2. The Labute approximate surface area is 149 Å². The van der Waals surface area contributed by atoms with Crippen molar-refractivity contribution in [1.29, 1.82) is 0 Å². The van der Waals surface area contributed by atoms with Crippen LogP contribution in [0.2, 0.25) is 5.02 Å². The first-order valence-electron chi connectivity index (χ1n) is 7.03. The minimum absolute atomic E-state index is 0.0573. The summed E-state index contributed by atoms with van der Waals surface area (Å²) >= 11 is 11.1. The van der Waals surface area contributed by atoms with Gasteiger partial charge in [0, 0.05) is 5.69 Å². The molecule has 8 heteroatoms. The van der Waals surface area contributed by atoms with Crippen molar-refractivity contribution in [3.63, 3.8) is 0 Å². The number of carbonyl (C=O) groups excluding carboxylic acids is 2. The number of carbonyl (C=O) groups is 2. The van der Waals surface area contributed by atoms with Crippen LogP contribution >= 0.6 is 23.8 Å².